The normalized spacial score (nSPS) is 32.3. The van der Waals surface area contributed by atoms with Gasteiger partial charge < -0.3 is 20.9 Å². The van der Waals surface area contributed by atoms with Crippen LogP contribution in [0.4, 0.5) is 13.2 Å². The Morgan fingerprint density at radius 2 is 1.80 bits per heavy atom. The Balaban J connectivity index is 1.09. The second-order valence-electron chi connectivity index (χ2n) is 10.9. The maximum Gasteiger partial charge on any atom is 0.522 e. The number of carbonyl (C=O) groups excluding carboxylic acids is 2. The van der Waals surface area contributed by atoms with Gasteiger partial charge in [0.2, 0.25) is 11.8 Å². The SMILES string of the molecule is O=C(NCCCCC1CCN(C(=O)C2CCCCC2OC(F)(F)F)CC1)C1CC2CNCCC2N1. The van der Waals surface area contributed by atoms with Crippen molar-refractivity contribution in [2.75, 3.05) is 32.7 Å². The van der Waals surface area contributed by atoms with Crippen LogP contribution in [-0.2, 0) is 14.3 Å². The number of rotatable bonds is 8. The van der Waals surface area contributed by atoms with Crippen LogP contribution in [-0.4, -0.2) is 74.0 Å². The van der Waals surface area contributed by atoms with Crippen molar-refractivity contribution in [2.45, 2.75) is 95.2 Å². The Kier molecular flexibility index (Phi) is 9.32. The van der Waals surface area contributed by atoms with E-state index in [2.05, 4.69) is 20.7 Å². The summed E-state index contributed by atoms with van der Waals surface area (Å²) in [6, 6.07) is 0.392. The highest BCUT2D eigenvalue weighted by Crippen LogP contribution is 2.34. The maximum atomic E-state index is 12.9. The second-order valence-corrected chi connectivity index (χ2v) is 10.9. The Morgan fingerprint density at radius 3 is 2.54 bits per heavy atom. The molecule has 1 aliphatic carbocycles. The standard InChI is InChI=1S/C25H41F3N4O3/c26-25(27,28)35-22-7-2-1-6-19(22)24(34)32-13-9-17(10-14-32)5-3-4-11-30-23(33)21-15-18-16-29-12-8-20(18)31-21/h17-22,29,31H,1-16H2,(H,30,33). The first kappa shape index (κ1) is 26.7. The van der Waals surface area contributed by atoms with Gasteiger partial charge in [0.1, 0.15) is 0 Å². The van der Waals surface area contributed by atoms with Crippen molar-refractivity contribution in [3.8, 4) is 0 Å². The first-order valence-electron chi connectivity index (χ1n) is 13.6. The predicted octanol–water partition coefficient (Wildman–Crippen LogP) is 2.95. The largest absolute Gasteiger partial charge is 0.522 e. The van der Waals surface area contributed by atoms with Gasteiger partial charge in [0.05, 0.1) is 18.1 Å². The molecule has 3 aliphatic heterocycles. The molecule has 7 nitrogen and oxygen atoms in total. The van der Waals surface area contributed by atoms with Gasteiger partial charge in [0.25, 0.3) is 0 Å². The van der Waals surface area contributed by atoms with Gasteiger partial charge in [-0.05, 0) is 69.9 Å². The third-order valence-electron chi connectivity index (χ3n) is 8.45. The molecule has 3 N–H and O–H groups in total. The zero-order chi connectivity index (χ0) is 24.8. The minimum Gasteiger partial charge on any atom is -0.355 e. The summed E-state index contributed by atoms with van der Waals surface area (Å²) in [6.07, 6.45) is 3.24. The van der Waals surface area contributed by atoms with Crippen molar-refractivity contribution in [2.24, 2.45) is 17.8 Å². The molecule has 35 heavy (non-hydrogen) atoms. The molecule has 200 valence electrons. The van der Waals surface area contributed by atoms with Crippen LogP contribution in [0.5, 0.6) is 0 Å². The minimum absolute atomic E-state index is 0.0722. The molecule has 5 unspecified atom stereocenters. The van der Waals surface area contributed by atoms with E-state index in [-0.39, 0.29) is 24.3 Å². The third kappa shape index (κ3) is 7.55. The van der Waals surface area contributed by atoms with Gasteiger partial charge in [-0.2, -0.15) is 0 Å². The summed E-state index contributed by atoms with van der Waals surface area (Å²) in [4.78, 5) is 27.2. The van der Waals surface area contributed by atoms with Crippen molar-refractivity contribution >= 4 is 11.8 Å². The van der Waals surface area contributed by atoms with Crippen molar-refractivity contribution in [3.05, 3.63) is 0 Å². The number of nitrogens with one attached hydrogen (secondary N) is 3. The number of fused-ring (bicyclic) bond motifs is 1. The van der Waals surface area contributed by atoms with E-state index in [4.69, 9.17) is 0 Å². The number of amides is 2. The van der Waals surface area contributed by atoms with Crippen LogP contribution in [0.15, 0.2) is 0 Å². The van der Waals surface area contributed by atoms with Crippen LogP contribution >= 0.6 is 0 Å². The molecule has 0 aromatic rings. The number of nitrogens with zero attached hydrogens (tertiary/aromatic N) is 1. The number of hydrogen-bond donors (Lipinski definition) is 3. The number of hydrogen-bond acceptors (Lipinski definition) is 5. The molecule has 4 rings (SSSR count). The Bertz CT molecular complexity index is 701. The highest BCUT2D eigenvalue weighted by molar-refractivity contribution is 5.82. The first-order chi connectivity index (χ1) is 16.8. The topological polar surface area (TPSA) is 82.7 Å². The lowest BCUT2D eigenvalue weighted by atomic mass is 9.84. The second kappa shape index (κ2) is 12.2. The molecule has 4 fully saturated rings. The third-order valence-corrected chi connectivity index (χ3v) is 8.45. The smallest absolute Gasteiger partial charge is 0.355 e. The van der Waals surface area contributed by atoms with Crippen molar-refractivity contribution in [1.29, 1.82) is 0 Å². The van der Waals surface area contributed by atoms with Crippen molar-refractivity contribution in [1.82, 2.24) is 20.9 Å². The van der Waals surface area contributed by atoms with E-state index in [1.54, 1.807) is 4.90 Å². The fourth-order valence-corrected chi connectivity index (χ4v) is 6.46. The van der Waals surface area contributed by atoms with Crippen molar-refractivity contribution in [3.63, 3.8) is 0 Å². The van der Waals surface area contributed by atoms with Gasteiger partial charge in [0, 0.05) is 25.7 Å². The number of ether oxygens (including phenoxy) is 1. The van der Waals surface area contributed by atoms with Crippen LogP contribution in [0.1, 0.15) is 70.6 Å². The molecule has 3 heterocycles. The lowest BCUT2D eigenvalue weighted by molar-refractivity contribution is -0.349. The van der Waals surface area contributed by atoms with Gasteiger partial charge in [0.15, 0.2) is 0 Å². The van der Waals surface area contributed by atoms with E-state index in [1.165, 1.54) is 0 Å². The van der Waals surface area contributed by atoms with Gasteiger partial charge in [-0.1, -0.05) is 25.7 Å². The summed E-state index contributed by atoms with van der Waals surface area (Å²) in [5.74, 6) is 0.340. The fourth-order valence-electron chi connectivity index (χ4n) is 6.46. The maximum absolute atomic E-state index is 12.9. The highest BCUT2D eigenvalue weighted by atomic mass is 19.4. The molecule has 0 aromatic carbocycles. The summed E-state index contributed by atoms with van der Waals surface area (Å²) in [5.41, 5.74) is 0. The number of likely N-dealkylation sites (tertiary alicyclic amines) is 1. The quantitative estimate of drug-likeness (QED) is 0.445. The summed E-state index contributed by atoms with van der Waals surface area (Å²) in [5, 5.41) is 9.97. The lowest BCUT2D eigenvalue weighted by Crippen LogP contribution is -2.47. The zero-order valence-electron chi connectivity index (χ0n) is 20.6. The molecule has 4 aliphatic rings. The average Bonchev–Trinajstić information content (AvgIpc) is 3.28. The number of unbranched alkanes of at least 4 members (excludes halogenated alkanes) is 1. The number of piperidine rings is 2. The van der Waals surface area contributed by atoms with E-state index >= 15 is 0 Å². The molecule has 0 radical (unpaired) electrons. The summed E-state index contributed by atoms with van der Waals surface area (Å²) >= 11 is 0. The van der Waals surface area contributed by atoms with E-state index in [0.29, 0.717) is 50.4 Å². The Hall–Kier alpha value is -1.39. The zero-order valence-corrected chi connectivity index (χ0v) is 20.6. The monoisotopic (exact) mass is 502 g/mol. The lowest BCUT2D eigenvalue weighted by Gasteiger charge is -2.38. The predicted molar refractivity (Wildman–Crippen MR) is 125 cm³/mol. The van der Waals surface area contributed by atoms with Crippen LogP contribution in [0.3, 0.4) is 0 Å². The Labute approximate surface area is 206 Å². The van der Waals surface area contributed by atoms with E-state index in [9.17, 15) is 22.8 Å². The number of alkyl halides is 3. The fraction of sp³-hybridized carbons (Fsp3) is 0.920. The summed E-state index contributed by atoms with van der Waals surface area (Å²) < 4.78 is 42.6. The number of carbonyl (C=O) groups is 2. The molecule has 1 saturated carbocycles. The molecule has 0 bridgehead atoms. The molecule has 2 amide bonds. The van der Waals surface area contributed by atoms with E-state index < -0.39 is 18.4 Å². The highest BCUT2D eigenvalue weighted by Gasteiger charge is 2.42. The van der Waals surface area contributed by atoms with Gasteiger partial charge >= 0.3 is 6.36 Å². The molecule has 5 atom stereocenters. The molecule has 0 aromatic heterocycles. The first-order valence-corrected chi connectivity index (χ1v) is 13.6. The van der Waals surface area contributed by atoms with Gasteiger partial charge in [-0.3, -0.25) is 14.3 Å². The van der Waals surface area contributed by atoms with Gasteiger partial charge in [-0.25, -0.2) is 0 Å². The van der Waals surface area contributed by atoms with Crippen LogP contribution in [0.2, 0.25) is 0 Å². The summed E-state index contributed by atoms with van der Waals surface area (Å²) in [7, 11) is 0. The summed E-state index contributed by atoms with van der Waals surface area (Å²) in [6.45, 7) is 3.92. The van der Waals surface area contributed by atoms with Crippen LogP contribution in [0, 0.1) is 17.8 Å². The molecule has 10 heteroatoms. The van der Waals surface area contributed by atoms with Crippen LogP contribution in [0.25, 0.3) is 0 Å². The molecule has 3 saturated heterocycles. The van der Waals surface area contributed by atoms with E-state index in [1.807, 2.05) is 0 Å². The number of halogens is 3. The minimum atomic E-state index is -4.70. The molecular formula is C25H41F3N4O3. The van der Waals surface area contributed by atoms with Gasteiger partial charge in [-0.15, -0.1) is 13.2 Å². The Morgan fingerprint density at radius 1 is 1.03 bits per heavy atom. The van der Waals surface area contributed by atoms with Crippen LogP contribution < -0.4 is 16.0 Å². The average molecular weight is 503 g/mol. The molecule has 0 spiro atoms. The molecular weight excluding hydrogens is 461 g/mol. The van der Waals surface area contributed by atoms with Crippen molar-refractivity contribution < 1.29 is 27.5 Å². The van der Waals surface area contributed by atoms with E-state index in [0.717, 1.165) is 64.5 Å².